The summed E-state index contributed by atoms with van der Waals surface area (Å²) in [7, 11) is 0. The van der Waals surface area contributed by atoms with Gasteiger partial charge in [0.05, 0.1) is 0 Å². The van der Waals surface area contributed by atoms with Gasteiger partial charge in [-0.15, -0.1) is 0 Å². The minimum atomic E-state index is 0.168. The number of ketones is 2. The van der Waals surface area contributed by atoms with Gasteiger partial charge in [0.25, 0.3) is 0 Å². The van der Waals surface area contributed by atoms with Crippen LogP contribution in [0.2, 0.25) is 0 Å². The number of carbonyl (C=O) groups is 2. The number of hydrogen-bond donors (Lipinski definition) is 0. The third kappa shape index (κ3) is 2.07. The Bertz CT molecular complexity index is 642. The third-order valence-electron chi connectivity index (χ3n) is 8.25. The lowest BCUT2D eigenvalue weighted by molar-refractivity contribution is -0.128. The molecule has 0 heterocycles. The lowest BCUT2D eigenvalue weighted by Crippen LogP contribution is -2.49. The molecule has 2 saturated carbocycles. The summed E-state index contributed by atoms with van der Waals surface area (Å²) in [5.41, 5.74) is 1.63. The summed E-state index contributed by atoms with van der Waals surface area (Å²) >= 11 is 0. The van der Waals surface area contributed by atoms with E-state index in [4.69, 9.17) is 0 Å². The molecular formula is C22H30O2. The van der Waals surface area contributed by atoms with E-state index >= 15 is 0 Å². The SMILES string of the molecule is CCC(=O)[C@H]1CC[C@H]2[C@@H]3C=CC4=CC(=O)CC[C@]4(C)[C@H]3CC[C@]12C. The Morgan fingerprint density at radius 1 is 1.17 bits per heavy atom. The minimum Gasteiger partial charge on any atom is -0.299 e. The fourth-order valence-corrected chi connectivity index (χ4v) is 6.77. The normalized spacial score (nSPS) is 46.8. The van der Waals surface area contributed by atoms with Crippen LogP contribution < -0.4 is 0 Å². The molecule has 0 aromatic heterocycles. The van der Waals surface area contributed by atoms with Gasteiger partial charge in [-0.1, -0.05) is 32.9 Å². The first kappa shape index (κ1) is 16.3. The Balaban J connectivity index is 1.70. The van der Waals surface area contributed by atoms with Crippen LogP contribution in [0.1, 0.15) is 65.7 Å². The lowest BCUT2D eigenvalue weighted by Gasteiger charge is -2.55. The van der Waals surface area contributed by atoms with Gasteiger partial charge in [-0.3, -0.25) is 9.59 Å². The second-order valence-electron chi connectivity index (χ2n) is 9.13. The van der Waals surface area contributed by atoms with Crippen LogP contribution >= 0.6 is 0 Å². The second-order valence-corrected chi connectivity index (χ2v) is 9.13. The minimum absolute atomic E-state index is 0.168. The van der Waals surface area contributed by atoms with E-state index in [0.29, 0.717) is 42.2 Å². The molecule has 0 aromatic carbocycles. The molecule has 0 spiro atoms. The van der Waals surface area contributed by atoms with Crippen LogP contribution in [0.15, 0.2) is 23.8 Å². The fraction of sp³-hybridized carbons (Fsp3) is 0.727. The molecule has 0 radical (unpaired) electrons. The van der Waals surface area contributed by atoms with E-state index in [2.05, 4.69) is 26.0 Å². The molecule has 2 heteroatoms. The van der Waals surface area contributed by atoms with E-state index in [1.165, 1.54) is 24.8 Å². The summed E-state index contributed by atoms with van der Waals surface area (Å²) in [4.78, 5) is 24.4. The second kappa shape index (κ2) is 5.41. The van der Waals surface area contributed by atoms with Crippen LogP contribution in [0.4, 0.5) is 0 Å². The van der Waals surface area contributed by atoms with E-state index in [0.717, 1.165) is 12.8 Å². The molecule has 0 unspecified atom stereocenters. The summed E-state index contributed by atoms with van der Waals surface area (Å²) in [6.45, 7) is 6.80. The topological polar surface area (TPSA) is 34.1 Å². The molecule has 4 rings (SSSR count). The Labute approximate surface area is 145 Å². The number of hydrogen-bond acceptors (Lipinski definition) is 2. The van der Waals surface area contributed by atoms with Crippen molar-refractivity contribution in [3.05, 3.63) is 23.8 Å². The average Bonchev–Trinajstić information content (AvgIpc) is 2.92. The molecule has 0 aliphatic heterocycles. The van der Waals surface area contributed by atoms with Crippen molar-refractivity contribution in [2.75, 3.05) is 0 Å². The summed E-state index contributed by atoms with van der Waals surface area (Å²) < 4.78 is 0. The number of allylic oxidation sites excluding steroid dienone is 4. The molecular weight excluding hydrogens is 296 g/mol. The first-order valence-corrected chi connectivity index (χ1v) is 9.86. The predicted octanol–water partition coefficient (Wildman–Crippen LogP) is 4.89. The van der Waals surface area contributed by atoms with Gasteiger partial charge in [-0.25, -0.2) is 0 Å². The summed E-state index contributed by atoms with van der Waals surface area (Å²) in [6, 6.07) is 0. The zero-order valence-corrected chi connectivity index (χ0v) is 15.3. The molecule has 0 N–H and O–H groups in total. The zero-order chi connectivity index (χ0) is 17.1. The first-order chi connectivity index (χ1) is 11.4. The standard InChI is InChI=1S/C22H30O2/c1-4-20(24)19-8-7-17-16-6-5-14-13-15(23)9-11-21(14,2)18(16)10-12-22(17,19)3/h5-6,13,16-19H,4,7-12H2,1-3H3/t16-,17-,18-,19+,21-,22-/m0/s1. The van der Waals surface area contributed by atoms with Crippen LogP contribution in [0.3, 0.4) is 0 Å². The van der Waals surface area contributed by atoms with Crippen LogP contribution in [0.25, 0.3) is 0 Å². The van der Waals surface area contributed by atoms with Gasteiger partial charge >= 0.3 is 0 Å². The van der Waals surface area contributed by atoms with E-state index in [1.807, 2.05) is 13.0 Å². The van der Waals surface area contributed by atoms with Gasteiger partial charge in [0.2, 0.25) is 0 Å². The molecule has 0 amide bonds. The third-order valence-corrected chi connectivity index (χ3v) is 8.25. The maximum Gasteiger partial charge on any atom is 0.156 e. The van der Waals surface area contributed by atoms with Crippen molar-refractivity contribution in [1.82, 2.24) is 0 Å². The monoisotopic (exact) mass is 326 g/mol. The molecule has 6 atom stereocenters. The predicted molar refractivity (Wildman–Crippen MR) is 95.4 cm³/mol. The van der Waals surface area contributed by atoms with Gasteiger partial charge in [0.1, 0.15) is 5.78 Å². The maximum atomic E-state index is 12.5. The number of fused-ring (bicyclic) bond motifs is 5. The van der Waals surface area contributed by atoms with E-state index in [-0.39, 0.29) is 16.7 Å². The van der Waals surface area contributed by atoms with Crippen LogP contribution in [0.5, 0.6) is 0 Å². The van der Waals surface area contributed by atoms with Gasteiger partial charge in [0.15, 0.2) is 5.78 Å². The molecule has 0 aromatic rings. The van der Waals surface area contributed by atoms with Crippen LogP contribution in [-0.2, 0) is 9.59 Å². The highest BCUT2D eigenvalue weighted by Gasteiger charge is 2.58. The van der Waals surface area contributed by atoms with Gasteiger partial charge in [0, 0.05) is 18.8 Å². The highest BCUT2D eigenvalue weighted by molar-refractivity contribution is 5.92. The first-order valence-electron chi connectivity index (χ1n) is 9.86. The zero-order valence-electron chi connectivity index (χ0n) is 15.3. The quantitative estimate of drug-likeness (QED) is 0.724. The van der Waals surface area contributed by atoms with E-state index in [1.54, 1.807) is 0 Å². The van der Waals surface area contributed by atoms with Crippen molar-refractivity contribution < 1.29 is 9.59 Å². The van der Waals surface area contributed by atoms with Crippen LogP contribution in [0, 0.1) is 34.5 Å². The summed E-state index contributed by atoms with van der Waals surface area (Å²) in [5, 5.41) is 0. The van der Waals surface area contributed by atoms with E-state index < -0.39 is 0 Å². The van der Waals surface area contributed by atoms with Gasteiger partial charge in [-0.05, 0) is 72.3 Å². The smallest absolute Gasteiger partial charge is 0.156 e. The summed E-state index contributed by atoms with van der Waals surface area (Å²) in [6.07, 6.45) is 13.6. The lowest BCUT2D eigenvalue weighted by atomic mass is 9.48. The molecule has 2 nitrogen and oxygen atoms in total. The van der Waals surface area contributed by atoms with Crippen molar-refractivity contribution in [3.63, 3.8) is 0 Å². The van der Waals surface area contributed by atoms with Crippen molar-refractivity contribution in [1.29, 1.82) is 0 Å². The summed E-state index contributed by atoms with van der Waals surface area (Å²) in [5.74, 6) is 2.93. The Morgan fingerprint density at radius 3 is 2.71 bits per heavy atom. The molecule has 2 fully saturated rings. The number of rotatable bonds is 2. The maximum absolute atomic E-state index is 12.5. The molecule has 0 saturated heterocycles. The highest BCUT2D eigenvalue weighted by atomic mass is 16.1. The molecule has 130 valence electrons. The molecule has 24 heavy (non-hydrogen) atoms. The number of Topliss-reactive ketones (excluding diaryl/α,β-unsaturated/α-hetero) is 1. The molecule has 4 aliphatic rings. The van der Waals surface area contributed by atoms with Crippen molar-refractivity contribution in [2.45, 2.75) is 65.7 Å². The highest BCUT2D eigenvalue weighted by Crippen LogP contribution is 2.65. The molecule has 0 bridgehead atoms. The Kier molecular flexibility index (Phi) is 3.67. The molecule has 4 aliphatic carbocycles. The largest absolute Gasteiger partial charge is 0.299 e. The van der Waals surface area contributed by atoms with Crippen molar-refractivity contribution in [2.24, 2.45) is 34.5 Å². The Hall–Kier alpha value is -1.18. The van der Waals surface area contributed by atoms with Crippen molar-refractivity contribution >= 4 is 11.6 Å². The Morgan fingerprint density at radius 2 is 1.96 bits per heavy atom. The van der Waals surface area contributed by atoms with Crippen molar-refractivity contribution in [3.8, 4) is 0 Å². The van der Waals surface area contributed by atoms with E-state index in [9.17, 15) is 9.59 Å². The van der Waals surface area contributed by atoms with Gasteiger partial charge in [-0.2, -0.15) is 0 Å². The van der Waals surface area contributed by atoms with Gasteiger partial charge < -0.3 is 0 Å². The van der Waals surface area contributed by atoms with Crippen LogP contribution in [-0.4, -0.2) is 11.6 Å². The average molecular weight is 326 g/mol. The number of carbonyl (C=O) groups excluding carboxylic acids is 2. The fourth-order valence-electron chi connectivity index (χ4n) is 6.77.